The van der Waals surface area contributed by atoms with Gasteiger partial charge in [-0.1, -0.05) is 55.9 Å². The van der Waals surface area contributed by atoms with Crippen LogP contribution >= 0.6 is 11.8 Å². The minimum absolute atomic E-state index is 0.00387. The van der Waals surface area contributed by atoms with Crippen molar-refractivity contribution in [1.82, 2.24) is 4.90 Å². The Morgan fingerprint density at radius 2 is 1.91 bits per heavy atom. The van der Waals surface area contributed by atoms with Gasteiger partial charge < -0.3 is 15.5 Å². The number of carbonyl (C=O) groups excluding carboxylic acids is 2. The van der Waals surface area contributed by atoms with E-state index < -0.39 is 0 Å². The first-order valence-electron chi connectivity index (χ1n) is 11.8. The van der Waals surface area contributed by atoms with Crippen LogP contribution in [0.3, 0.4) is 0 Å². The van der Waals surface area contributed by atoms with E-state index in [1.807, 2.05) is 76.2 Å². The third-order valence-electron chi connectivity index (χ3n) is 5.98. The maximum absolute atomic E-state index is 13.6. The molecule has 2 amide bonds. The second-order valence-electron chi connectivity index (χ2n) is 9.23. The van der Waals surface area contributed by atoms with Crippen LogP contribution in [-0.4, -0.2) is 34.2 Å². The molecule has 0 aromatic heterocycles. The Morgan fingerprint density at radius 3 is 2.68 bits per heavy atom. The lowest BCUT2D eigenvalue weighted by Crippen LogP contribution is -2.43. The molecule has 1 fully saturated rings. The zero-order chi connectivity index (χ0) is 24.2. The SMILES string of the molecule is CC1=C(C(=O)Nc2ccccc2C)C(c2cccc(NC(=O)CC(C)C)c2)N2CCCSC2=N1. The number of aryl methyl sites for hydroxylation is 1. The van der Waals surface area contributed by atoms with Gasteiger partial charge in [0.2, 0.25) is 5.91 Å². The standard InChI is InChI=1S/C27H32N4O2S/c1-17(2)15-23(32)29-21-11-7-10-20(16-21)25-24(19(4)28-27-31(25)13-8-14-34-27)26(33)30-22-12-6-5-9-18(22)3/h5-7,9-12,16-17,25H,8,13-15H2,1-4H3,(H,29,32)(H,30,33). The van der Waals surface area contributed by atoms with Gasteiger partial charge in [0.1, 0.15) is 0 Å². The van der Waals surface area contributed by atoms with Crippen molar-refractivity contribution in [1.29, 1.82) is 0 Å². The molecule has 6 nitrogen and oxygen atoms in total. The molecule has 0 saturated carbocycles. The number of hydrogen-bond acceptors (Lipinski definition) is 5. The minimum Gasteiger partial charge on any atom is -0.340 e. The van der Waals surface area contributed by atoms with Crippen molar-refractivity contribution >= 4 is 40.1 Å². The number of rotatable bonds is 6. The van der Waals surface area contributed by atoms with Crippen LogP contribution in [0.5, 0.6) is 0 Å². The van der Waals surface area contributed by atoms with Crippen LogP contribution in [0.15, 0.2) is 64.8 Å². The van der Waals surface area contributed by atoms with Crippen molar-refractivity contribution in [3.8, 4) is 0 Å². The second-order valence-corrected chi connectivity index (χ2v) is 10.3. The van der Waals surface area contributed by atoms with Crippen molar-refractivity contribution in [2.45, 2.75) is 46.6 Å². The molecule has 178 valence electrons. The van der Waals surface area contributed by atoms with Crippen LogP contribution in [0.25, 0.3) is 0 Å². The monoisotopic (exact) mass is 476 g/mol. The van der Waals surface area contributed by atoms with Gasteiger partial charge in [0.25, 0.3) is 5.91 Å². The normalized spacial score (nSPS) is 17.9. The Balaban J connectivity index is 1.70. The third kappa shape index (κ3) is 5.36. The summed E-state index contributed by atoms with van der Waals surface area (Å²) in [5, 5.41) is 7.08. The molecule has 2 heterocycles. The summed E-state index contributed by atoms with van der Waals surface area (Å²) >= 11 is 1.73. The first-order chi connectivity index (χ1) is 16.3. The van der Waals surface area contributed by atoms with E-state index in [0.717, 1.165) is 52.1 Å². The van der Waals surface area contributed by atoms with E-state index in [1.54, 1.807) is 11.8 Å². The summed E-state index contributed by atoms with van der Waals surface area (Å²) < 4.78 is 0. The lowest BCUT2D eigenvalue weighted by Gasteiger charge is -2.41. The highest BCUT2D eigenvalue weighted by Crippen LogP contribution is 2.40. The summed E-state index contributed by atoms with van der Waals surface area (Å²) in [7, 11) is 0. The first kappa shape index (κ1) is 24.1. The van der Waals surface area contributed by atoms with Gasteiger partial charge in [-0.15, -0.1) is 0 Å². The number of amidine groups is 1. The molecule has 0 bridgehead atoms. The van der Waals surface area contributed by atoms with Crippen LogP contribution in [-0.2, 0) is 9.59 Å². The van der Waals surface area contributed by atoms with E-state index in [2.05, 4.69) is 15.5 Å². The molecular weight excluding hydrogens is 444 g/mol. The number of amides is 2. The fraction of sp³-hybridized carbons (Fsp3) is 0.370. The zero-order valence-electron chi connectivity index (χ0n) is 20.2. The molecule has 7 heteroatoms. The highest BCUT2D eigenvalue weighted by Gasteiger charge is 2.37. The summed E-state index contributed by atoms with van der Waals surface area (Å²) in [6, 6.07) is 15.4. The molecule has 2 aliphatic heterocycles. The second kappa shape index (κ2) is 10.5. The maximum atomic E-state index is 13.6. The molecule has 0 aliphatic carbocycles. The van der Waals surface area contributed by atoms with E-state index in [1.165, 1.54) is 0 Å². The Morgan fingerprint density at radius 1 is 1.12 bits per heavy atom. The molecule has 0 spiro atoms. The van der Waals surface area contributed by atoms with Gasteiger partial charge in [0.15, 0.2) is 5.17 Å². The number of fused-ring (bicyclic) bond motifs is 1. The Kier molecular flexibility index (Phi) is 7.41. The number of nitrogens with one attached hydrogen (secondary N) is 2. The number of hydrogen-bond donors (Lipinski definition) is 2. The molecule has 2 aromatic rings. The quantitative estimate of drug-likeness (QED) is 0.557. The van der Waals surface area contributed by atoms with Crippen molar-refractivity contribution in [3.63, 3.8) is 0 Å². The average molecular weight is 477 g/mol. The van der Waals surface area contributed by atoms with Gasteiger partial charge in [-0.3, -0.25) is 9.59 Å². The van der Waals surface area contributed by atoms with Gasteiger partial charge >= 0.3 is 0 Å². The highest BCUT2D eigenvalue weighted by molar-refractivity contribution is 8.13. The predicted molar refractivity (Wildman–Crippen MR) is 141 cm³/mol. The topological polar surface area (TPSA) is 73.8 Å². The maximum Gasteiger partial charge on any atom is 0.255 e. The predicted octanol–water partition coefficient (Wildman–Crippen LogP) is 5.74. The molecule has 0 radical (unpaired) electrons. The van der Waals surface area contributed by atoms with Crippen molar-refractivity contribution < 1.29 is 9.59 Å². The average Bonchev–Trinajstić information content (AvgIpc) is 2.79. The number of para-hydroxylation sites is 1. The van der Waals surface area contributed by atoms with Gasteiger partial charge in [-0.2, -0.15) is 0 Å². The Labute approximate surface area is 205 Å². The van der Waals surface area contributed by atoms with Crippen LogP contribution < -0.4 is 10.6 Å². The van der Waals surface area contributed by atoms with E-state index >= 15 is 0 Å². The van der Waals surface area contributed by atoms with E-state index in [9.17, 15) is 9.59 Å². The van der Waals surface area contributed by atoms with E-state index in [-0.39, 0.29) is 23.8 Å². The number of benzene rings is 2. The van der Waals surface area contributed by atoms with Crippen molar-refractivity contribution in [3.05, 3.63) is 70.9 Å². The van der Waals surface area contributed by atoms with Crippen molar-refractivity contribution in [2.75, 3.05) is 22.9 Å². The number of aliphatic imine (C=N–C) groups is 1. The highest BCUT2D eigenvalue weighted by atomic mass is 32.2. The summed E-state index contributed by atoms with van der Waals surface area (Å²) in [6.45, 7) is 8.78. The fourth-order valence-corrected chi connectivity index (χ4v) is 5.40. The molecule has 1 atom stereocenters. The molecule has 1 saturated heterocycles. The third-order valence-corrected chi connectivity index (χ3v) is 7.05. The largest absolute Gasteiger partial charge is 0.340 e. The lowest BCUT2D eigenvalue weighted by molar-refractivity contribution is -0.117. The van der Waals surface area contributed by atoms with Gasteiger partial charge in [-0.05, 0) is 55.5 Å². The minimum atomic E-state index is -0.272. The fourth-order valence-electron chi connectivity index (χ4n) is 4.38. The number of thioether (sulfide) groups is 1. The zero-order valence-corrected chi connectivity index (χ0v) is 21.0. The van der Waals surface area contributed by atoms with Crippen LogP contribution in [0.1, 0.15) is 50.8 Å². The summed E-state index contributed by atoms with van der Waals surface area (Å²) in [5.74, 6) is 1.15. The molecule has 2 aliphatic rings. The van der Waals surface area contributed by atoms with Crippen LogP contribution in [0.4, 0.5) is 11.4 Å². The van der Waals surface area contributed by atoms with Gasteiger partial charge in [0.05, 0.1) is 17.3 Å². The molecule has 34 heavy (non-hydrogen) atoms. The summed E-state index contributed by atoms with van der Waals surface area (Å²) in [5.41, 5.74) is 4.88. The number of carbonyl (C=O) groups is 2. The smallest absolute Gasteiger partial charge is 0.255 e. The number of nitrogens with zero attached hydrogens (tertiary/aromatic N) is 2. The summed E-state index contributed by atoms with van der Waals surface area (Å²) in [4.78, 5) is 33.0. The number of allylic oxidation sites excluding steroid dienone is 1. The molecule has 4 rings (SSSR count). The van der Waals surface area contributed by atoms with Gasteiger partial charge in [-0.25, -0.2) is 4.99 Å². The first-order valence-corrected chi connectivity index (χ1v) is 12.8. The number of anilines is 2. The van der Waals surface area contributed by atoms with E-state index in [4.69, 9.17) is 4.99 Å². The molecular formula is C27H32N4O2S. The Bertz CT molecular complexity index is 1150. The van der Waals surface area contributed by atoms with E-state index in [0.29, 0.717) is 12.0 Å². The molecule has 1 unspecified atom stereocenters. The lowest BCUT2D eigenvalue weighted by atomic mass is 9.93. The molecule has 2 aromatic carbocycles. The van der Waals surface area contributed by atoms with Gasteiger partial charge in [0, 0.05) is 30.1 Å². The van der Waals surface area contributed by atoms with Crippen LogP contribution in [0.2, 0.25) is 0 Å². The van der Waals surface area contributed by atoms with Crippen molar-refractivity contribution in [2.24, 2.45) is 10.9 Å². The molecule has 2 N–H and O–H groups in total. The van der Waals surface area contributed by atoms with Crippen LogP contribution in [0, 0.1) is 12.8 Å². The summed E-state index contributed by atoms with van der Waals surface area (Å²) in [6.07, 6.45) is 1.49. The Hall–Kier alpha value is -3.06.